The fourth-order valence-electron chi connectivity index (χ4n) is 5.01. The zero-order valence-electron chi connectivity index (χ0n) is 17.9. The lowest BCUT2D eigenvalue weighted by molar-refractivity contribution is 0.0742. The summed E-state index contributed by atoms with van der Waals surface area (Å²) in [6.45, 7) is 6.48. The van der Waals surface area contributed by atoms with Crippen LogP contribution in [0.2, 0.25) is 0 Å². The van der Waals surface area contributed by atoms with E-state index in [2.05, 4.69) is 63.1 Å². The molecular formula is C21H35N7. The van der Waals surface area contributed by atoms with Gasteiger partial charge in [0.15, 0.2) is 0 Å². The Hall–Kier alpha value is -1.73. The Morgan fingerprint density at radius 3 is 2.61 bits per heavy atom. The third kappa shape index (κ3) is 3.87. The molecule has 7 heteroatoms. The summed E-state index contributed by atoms with van der Waals surface area (Å²) >= 11 is 0. The number of hydrogen-bond donors (Lipinski definition) is 0. The molecule has 2 aromatic rings. The van der Waals surface area contributed by atoms with E-state index in [1.54, 1.807) is 0 Å². The van der Waals surface area contributed by atoms with Crippen LogP contribution in [0.1, 0.15) is 68.2 Å². The maximum absolute atomic E-state index is 4.51. The minimum absolute atomic E-state index is 0.458. The van der Waals surface area contributed by atoms with Crippen LogP contribution in [0, 0.1) is 5.92 Å². The average Bonchev–Trinajstić information content (AvgIpc) is 3.21. The smallest absolute Gasteiger partial charge is 0.146 e. The van der Waals surface area contributed by atoms with Gasteiger partial charge in [-0.15, -0.1) is 10.2 Å². The minimum Gasteiger partial charge on any atom is -0.317 e. The number of rotatable bonds is 7. The van der Waals surface area contributed by atoms with Crippen molar-refractivity contribution in [2.75, 3.05) is 26.7 Å². The van der Waals surface area contributed by atoms with Crippen LogP contribution in [0.3, 0.4) is 0 Å². The summed E-state index contributed by atoms with van der Waals surface area (Å²) < 4.78 is 4.16. The van der Waals surface area contributed by atoms with Crippen LogP contribution < -0.4 is 0 Å². The molecule has 154 valence electrons. The van der Waals surface area contributed by atoms with E-state index in [-0.39, 0.29) is 0 Å². The highest BCUT2D eigenvalue weighted by Gasteiger charge is 2.33. The number of piperidine rings is 1. The van der Waals surface area contributed by atoms with E-state index < -0.39 is 0 Å². The van der Waals surface area contributed by atoms with Gasteiger partial charge in [0.05, 0.1) is 12.7 Å². The number of aromatic nitrogens is 5. The third-order valence-electron chi connectivity index (χ3n) is 6.76. The number of nitrogens with zero attached hydrogens (tertiary/aromatic N) is 7. The zero-order valence-corrected chi connectivity index (χ0v) is 17.9. The van der Waals surface area contributed by atoms with Crippen LogP contribution in [0.25, 0.3) is 0 Å². The molecule has 4 rings (SSSR count). The van der Waals surface area contributed by atoms with Crippen LogP contribution >= 0.6 is 0 Å². The van der Waals surface area contributed by atoms with Gasteiger partial charge in [0.1, 0.15) is 11.6 Å². The SMILES string of the molecule is CCN1CCC[C@@H](CN(C)Cc2nnc(C3CCC3)n2C)[C@@H]1c1cnn(C)c1. The van der Waals surface area contributed by atoms with Gasteiger partial charge in [-0.05, 0) is 51.7 Å². The fourth-order valence-corrected chi connectivity index (χ4v) is 5.01. The van der Waals surface area contributed by atoms with E-state index in [1.807, 2.05) is 11.7 Å². The Balaban J connectivity index is 1.44. The topological polar surface area (TPSA) is 55.0 Å². The van der Waals surface area contributed by atoms with Gasteiger partial charge in [0, 0.05) is 44.4 Å². The summed E-state index contributed by atoms with van der Waals surface area (Å²) in [5.41, 5.74) is 1.35. The van der Waals surface area contributed by atoms with E-state index in [9.17, 15) is 0 Å². The van der Waals surface area contributed by atoms with Crippen LogP contribution in [0.4, 0.5) is 0 Å². The minimum atomic E-state index is 0.458. The molecular weight excluding hydrogens is 350 g/mol. The predicted molar refractivity (Wildman–Crippen MR) is 110 cm³/mol. The van der Waals surface area contributed by atoms with Gasteiger partial charge in [-0.2, -0.15) is 5.10 Å². The first kappa shape index (κ1) is 19.6. The molecule has 7 nitrogen and oxygen atoms in total. The Morgan fingerprint density at radius 2 is 1.96 bits per heavy atom. The third-order valence-corrected chi connectivity index (χ3v) is 6.76. The van der Waals surface area contributed by atoms with Crippen molar-refractivity contribution in [1.29, 1.82) is 0 Å². The molecule has 1 aliphatic carbocycles. The standard InChI is InChI=1S/C21H35N7/c1-5-28-11-7-10-17(20(28)18-12-22-26(3)14-18)13-25(2)15-19-23-24-21(27(19)4)16-8-6-9-16/h12,14,16-17,20H,5-11,13,15H2,1-4H3/t17-,20+/m0/s1. The van der Waals surface area contributed by atoms with Crippen LogP contribution in [0.15, 0.2) is 12.4 Å². The summed E-state index contributed by atoms with van der Waals surface area (Å²) in [6.07, 6.45) is 10.7. The number of hydrogen-bond acceptors (Lipinski definition) is 5. The van der Waals surface area contributed by atoms with E-state index in [0.717, 1.165) is 25.5 Å². The van der Waals surface area contributed by atoms with Crippen molar-refractivity contribution >= 4 is 0 Å². The van der Waals surface area contributed by atoms with E-state index in [4.69, 9.17) is 0 Å². The van der Waals surface area contributed by atoms with Gasteiger partial charge in [0.25, 0.3) is 0 Å². The molecule has 28 heavy (non-hydrogen) atoms. The molecule has 1 saturated heterocycles. The summed E-state index contributed by atoms with van der Waals surface area (Å²) in [5, 5.41) is 13.4. The van der Waals surface area contributed by atoms with Crippen molar-refractivity contribution in [3.63, 3.8) is 0 Å². The van der Waals surface area contributed by atoms with Gasteiger partial charge in [-0.3, -0.25) is 14.5 Å². The van der Waals surface area contributed by atoms with E-state index in [0.29, 0.717) is 17.9 Å². The van der Waals surface area contributed by atoms with Crippen LogP contribution in [0.5, 0.6) is 0 Å². The summed E-state index contributed by atoms with van der Waals surface area (Å²) in [6, 6.07) is 0.458. The highest BCUT2D eigenvalue weighted by molar-refractivity contribution is 5.13. The van der Waals surface area contributed by atoms with Crippen LogP contribution in [-0.2, 0) is 20.6 Å². The summed E-state index contributed by atoms with van der Waals surface area (Å²) in [7, 11) is 6.37. The normalized spacial score (nSPS) is 24.0. The van der Waals surface area contributed by atoms with Gasteiger partial charge in [-0.1, -0.05) is 13.3 Å². The Labute approximate surface area is 168 Å². The highest BCUT2D eigenvalue weighted by atomic mass is 15.3. The molecule has 3 heterocycles. The lowest BCUT2D eigenvalue weighted by Gasteiger charge is -2.42. The molecule has 1 aliphatic heterocycles. The second-order valence-corrected chi connectivity index (χ2v) is 8.78. The lowest BCUT2D eigenvalue weighted by Crippen LogP contribution is -2.42. The van der Waals surface area contributed by atoms with Crippen molar-refractivity contribution in [3.05, 3.63) is 29.6 Å². The van der Waals surface area contributed by atoms with Crippen molar-refractivity contribution in [1.82, 2.24) is 34.3 Å². The molecule has 0 radical (unpaired) electrons. The number of likely N-dealkylation sites (tertiary alicyclic amines) is 1. The van der Waals surface area contributed by atoms with Gasteiger partial charge < -0.3 is 4.57 Å². The number of aryl methyl sites for hydroxylation is 1. The summed E-state index contributed by atoms with van der Waals surface area (Å²) in [5.74, 6) is 3.51. The largest absolute Gasteiger partial charge is 0.317 e. The first-order chi connectivity index (χ1) is 13.6. The molecule has 2 atom stereocenters. The van der Waals surface area contributed by atoms with Gasteiger partial charge in [0.2, 0.25) is 0 Å². The first-order valence-corrected chi connectivity index (χ1v) is 10.9. The highest BCUT2D eigenvalue weighted by Crippen LogP contribution is 2.37. The lowest BCUT2D eigenvalue weighted by atomic mass is 9.85. The molecule has 0 unspecified atom stereocenters. The fraction of sp³-hybridized carbons (Fsp3) is 0.762. The summed E-state index contributed by atoms with van der Waals surface area (Å²) in [4.78, 5) is 5.05. The molecule has 2 fully saturated rings. The second-order valence-electron chi connectivity index (χ2n) is 8.78. The monoisotopic (exact) mass is 385 g/mol. The van der Waals surface area contributed by atoms with E-state index >= 15 is 0 Å². The molecule has 0 N–H and O–H groups in total. The van der Waals surface area contributed by atoms with Crippen molar-refractivity contribution < 1.29 is 0 Å². The van der Waals surface area contributed by atoms with Crippen LogP contribution in [-0.4, -0.2) is 61.0 Å². The molecule has 1 saturated carbocycles. The predicted octanol–water partition coefficient (Wildman–Crippen LogP) is 2.72. The molecule has 0 bridgehead atoms. The second kappa shape index (κ2) is 8.33. The Morgan fingerprint density at radius 1 is 1.14 bits per heavy atom. The quantitative estimate of drug-likeness (QED) is 0.733. The zero-order chi connectivity index (χ0) is 19.7. The van der Waals surface area contributed by atoms with Crippen molar-refractivity contribution in [3.8, 4) is 0 Å². The van der Waals surface area contributed by atoms with Gasteiger partial charge in [-0.25, -0.2) is 0 Å². The van der Waals surface area contributed by atoms with Crippen molar-refractivity contribution in [2.45, 2.75) is 57.5 Å². The maximum Gasteiger partial charge on any atom is 0.146 e. The average molecular weight is 386 g/mol. The Bertz CT molecular complexity index is 776. The van der Waals surface area contributed by atoms with Gasteiger partial charge >= 0.3 is 0 Å². The van der Waals surface area contributed by atoms with E-state index in [1.165, 1.54) is 50.0 Å². The Kier molecular flexibility index (Phi) is 5.83. The first-order valence-electron chi connectivity index (χ1n) is 10.9. The van der Waals surface area contributed by atoms with Crippen molar-refractivity contribution in [2.24, 2.45) is 20.0 Å². The molecule has 2 aliphatic rings. The molecule has 0 aromatic carbocycles. The molecule has 0 spiro atoms. The molecule has 0 amide bonds. The molecule has 2 aromatic heterocycles. The maximum atomic E-state index is 4.51.